The summed E-state index contributed by atoms with van der Waals surface area (Å²) in [7, 11) is 0. The molecule has 0 heterocycles. The van der Waals surface area contributed by atoms with Crippen LogP contribution < -0.4 is 4.74 Å². The third-order valence-corrected chi connectivity index (χ3v) is 1.89. The summed E-state index contributed by atoms with van der Waals surface area (Å²) < 4.78 is 6.30. The molecule has 0 saturated carbocycles. The first-order chi connectivity index (χ1) is 5.83. The molecule has 1 rings (SSSR count). The average Bonchev–Trinajstić information content (AvgIpc) is 2.09. The Kier molecular flexibility index (Phi) is 4.06. The van der Waals surface area contributed by atoms with Crippen LogP contribution in [0.25, 0.3) is 0 Å². The summed E-state index contributed by atoms with van der Waals surface area (Å²) in [5, 5.41) is 2.46. The van der Waals surface area contributed by atoms with Gasteiger partial charge in [-0.05, 0) is 29.5 Å². The van der Waals surface area contributed by atoms with Crippen molar-refractivity contribution in [1.82, 2.24) is 0 Å². The minimum Gasteiger partial charge on any atom is -0.481 e. The highest BCUT2D eigenvalue weighted by Gasteiger charge is 1.90. The topological polar surface area (TPSA) is 9.23 Å². The first-order valence-corrected chi connectivity index (χ1v) is 4.57. The van der Waals surface area contributed by atoms with Crippen LogP contribution in [0.5, 0.6) is 5.75 Å². The van der Waals surface area contributed by atoms with E-state index in [1.165, 1.54) is 0 Å². The fourth-order valence-electron chi connectivity index (χ4n) is 0.683. The Hall–Kier alpha value is -0.590. The Morgan fingerprint density at radius 3 is 2.58 bits per heavy atom. The SMILES string of the molecule is SC#CCOc1ccc(Br)cc1. The summed E-state index contributed by atoms with van der Waals surface area (Å²) in [6.45, 7) is 0.380. The van der Waals surface area contributed by atoms with Crippen molar-refractivity contribution in [2.45, 2.75) is 0 Å². The highest BCUT2D eigenvalue weighted by Crippen LogP contribution is 2.15. The van der Waals surface area contributed by atoms with Crippen LogP contribution in [0.1, 0.15) is 0 Å². The zero-order valence-corrected chi connectivity index (χ0v) is 8.73. The predicted octanol–water partition coefficient (Wildman–Crippen LogP) is 2.72. The van der Waals surface area contributed by atoms with Gasteiger partial charge in [-0.15, -0.1) is 0 Å². The van der Waals surface area contributed by atoms with Gasteiger partial charge in [0.2, 0.25) is 0 Å². The third-order valence-electron chi connectivity index (χ3n) is 1.20. The molecule has 0 aliphatic heterocycles. The van der Waals surface area contributed by atoms with Crippen LogP contribution >= 0.6 is 28.6 Å². The summed E-state index contributed by atoms with van der Waals surface area (Å²) in [4.78, 5) is 0. The molecule has 62 valence electrons. The number of hydrogen-bond donors (Lipinski definition) is 1. The average molecular weight is 243 g/mol. The van der Waals surface area contributed by atoms with E-state index < -0.39 is 0 Å². The maximum atomic E-state index is 5.26. The van der Waals surface area contributed by atoms with Gasteiger partial charge in [0, 0.05) is 4.47 Å². The molecule has 1 aromatic rings. The Morgan fingerprint density at radius 2 is 2.00 bits per heavy atom. The molecule has 0 unspecified atom stereocenters. The first-order valence-electron chi connectivity index (χ1n) is 3.33. The number of ether oxygens (including phenoxy) is 1. The monoisotopic (exact) mass is 242 g/mol. The van der Waals surface area contributed by atoms with Crippen LogP contribution in [0.2, 0.25) is 0 Å². The molecule has 0 amide bonds. The lowest BCUT2D eigenvalue weighted by atomic mass is 10.3. The quantitative estimate of drug-likeness (QED) is 0.620. The Bertz CT molecular complexity index is 297. The van der Waals surface area contributed by atoms with Gasteiger partial charge in [-0.25, -0.2) is 0 Å². The molecular formula is C9H7BrOS. The lowest BCUT2D eigenvalue weighted by Gasteiger charge is -2.00. The van der Waals surface area contributed by atoms with Gasteiger partial charge in [-0.3, -0.25) is 0 Å². The van der Waals surface area contributed by atoms with Crippen molar-refractivity contribution in [3.05, 3.63) is 28.7 Å². The third kappa shape index (κ3) is 3.21. The molecule has 0 aliphatic carbocycles. The fourth-order valence-corrected chi connectivity index (χ4v) is 1.01. The van der Waals surface area contributed by atoms with Gasteiger partial charge >= 0.3 is 0 Å². The van der Waals surface area contributed by atoms with Crippen molar-refractivity contribution >= 4 is 28.6 Å². The van der Waals surface area contributed by atoms with Gasteiger partial charge in [-0.2, -0.15) is 0 Å². The van der Waals surface area contributed by atoms with Crippen molar-refractivity contribution in [2.24, 2.45) is 0 Å². The molecule has 0 spiro atoms. The van der Waals surface area contributed by atoms with Gasteiger partial charge in [0.25, 0.3) is 0 Å². The maximum Gasteiger partial charge on any atom is 0.149 e. The van der Waals surface area contributed by atoms with Gasteiger partial charge in [0.15, 0.2) is 0 Å². The van der Waals surface area contributed by atoms with E-state index in [1.807, 2.05) is 24.3 Å². The molecule has 0 fully saturated rings. The molecular weight excluding hydrogens is 236 g/mol. The van der Waals surface area contributed by atoms with Gasteiger partial charge < -0.3 is 4.74 Å². The van der Waals surface area contributed by atoms with Gasteiger partial charge in [0.05, 0.1) is 0 Å². The Balaban J connectivity index is 2.51. The Morgan fingerprint density at radius 1 is 1.33 bits per heavy atom. The lowest BCUT2D eigenvalue weighted by molar-refractivity contribution is 0.370. The molecule has 0 N–H and O–H groups in total. The van der Waals surface area contributed by atoms with Crippen LogP contribution in [0.3, 0.4) is 0 Å². The molecule has 0 aliphatic rings. The minimum atomic E-state index is 0.380. The summed E-state index contributed by atoms with van der Waals surface area (Å²) in [6, 6.07) is 7.60. The molecule has 0 atom stereocenters. The second-order valence-corrected chi connectivity index (χ2v) is 3.17. The van der Waals surface area contributed by atoms with E-state index in [9.17, 15) is 0 Å². The molecule has 12 heavy (non-hydrogen) atoms. The summed E-state index contributed by atoms with van der Waals surface area (Å²) in [5.74, 6) is 3.51. The first kappa shape index (κ1) is 9.50. The number of rotatable bonds is 2. The Labute approximate surface area is 85.7 Å². The van der Waals surface area contributed by atoms with Crippen LogP contribution in [-0.2, 0) is 0 Å². The number of halogens is 1. The highest BCUT2D eigenvalue weighted by molar-refractivity contribution is 9.10. The fraction of sp³-hybridized carbons (Fsp3) is 0.111. The largest absolute Gasteiger partial charge is 0.481 e. The van der Waals surface area contributed by atoms with E-state index in [0.29, 0.717) is 6.61 Å². The van der Waals surface area contributed by atoms with E-state index in [4.69, 9.17) is 4.74 Å². The minimum absolute atomic E-state index is 0.380. The zero-order chi connectivity index (χ0) is 8.81. The molecule has 1 nitrogen and oxygen atoms in total. The molecule has 0 radical (unpaired) electrons. The van der Waals surface area contributed by atoms with E-state index in [0.717, 1.165) is 10.2 Å². The second-order valence-electron chi connectivity index (χ2n) is 2.03. The van der Waals surface area contributed by atoms with Crippen molar-refractivity contribution in [3.8, 4) is 16.9 Å². The smallest absolute Gasteiger partial charge is 0.149 e. The van der Waals surface area contributed by atoms with Gasteiger partial charge in [0.1, 0.15) is 12.4 Å². The van der Waals surface area contributed by atoms with Crippen molar-refractivity contribution < 1.29 is 4.74 Å². The number of benzene rings is 1. The van der Waals surface area contributed by atoms with Crippen molar-refractivity contribution in [2.75, 3.05) is 6.61 Å². The molecule has 0 bridgehead atoms. The second kappa shape index (κ2) is 5.13. The van der Waals surface area contributed by atoms with Crippen LogP contribution in [0.15, 0.2) is 28.7 Å². The molecule has 0 saturated heterocycles. The van der Waals surface area contributed by atoms with E-state index >= 15 is 0 Å². The van der Waals surface area contributed by atoms with Gasteiger partial charge in [-0.1, -0.05) is 34.5 Å². The lowest BCUT2D eigenvalue weighted by Crippen LogP contribution is -1.92. The van der Waals surface area contributed by atoms with E-state index in [-0.39, 0.29) is 0 Å². The number of thiol groups is 1. The normalized spacial score (nSPS) is 8.50. The van der Waals surface area contributed by atoms with Crippen LogP contribution in [-0.4, -0.2) is 6.61 Å². The maximum absolute atomic E-state index is 5.26. The number of hydrogen-bond acceptors (Lipinski definition) is 2. The predicted molar refractivity (Wildman–Crippen MR) is 56.4 cm³/mol. The summed E-state index contributed by atoms with van der Waals surface area (Å²) in [5.41, 5.74) is 0. The molecule has 1 aromatic carbocycles. The van der Waals surface area contributed by atoms with Crippen molar-refractivity contribution in [3.63, 3.8) is 0 Å². The summed E-state index contributed by atoms with van der Waals surface area (Å²) in [6.07, 6.45) is 0. The standard InChI is InChI=1S/C9H7BrOS/c10-8-2-4-9(5-3-8)11-6-1-7-12/h2-5,12H,6H2. The van der Waals surface area contributed by atoms with Crippen LogP contribution in [0.4, 0.5) is 0 Å². The van der Waals surface area contributed by atoms with Crippen molar-refractivity contribution in [1.29, 1.82) is 0 Å². The molecule has 3 heteroatoms. The molecule has 0 aromatic heterocycles. The van der Waals surface area contributed by atoms with E-state index in [1.54, 1.807) is 0 Å². The summed E-state index contributed by atoms with van der Waals surface area (Å²) >= 11 is 7.07. The van der Waals surface area contributed by atoms with Crippen LogP contribution in [0, 0.1) is 11.2 Å². The highest BCUT2D eigenvalue weighted by atomic mass is 79.9. The van der Waals surface area contributed by atoms with E-state index in [2.05, 4.69) is 39.7 Å². The zero-order valence-electron chi connectivity index (χ0n) is 6.25.